The van der Waals surface area contributed by atoms with E-state index in [0.717, 1.165) is 105 Å². The minimum atomic E-state index is -0.581. The van der Waals surface area contributed by atoms with Crippen molar-refractivity contribution in [2.24, 2.45) is 5.10 Å². The number of thiazole rings is 1. The van der Waals surface area contributed by atoms with Gasteiger partial charge in [-0.25, -0.2) is 29.2 Å². The molecule has 1 aliphatic carbocycles. The zero-order valence-corrected chi connectivity index (χ0v) is 38.1. The van der Waals surface area contributed by atoms with Crippen LogP contribution in [0.15, 0.2) is 121 Å². The topological polar surface area (TPSA) is 152 Å². The number of hydrogen-bond acceptors (Lipinski definition) is 14. The van der Waals surface area contributed by atoms with Crippen molar-refractivity contribution in [1.29, 1.82) is 0 Å². The van der Waals surface area contributed by atoms with E-state index in [1.807, 2.05) is 29.3 Å². The van der Waals surface area contributed by atoms with Gasteiger partial charge in [0.1, 0.15) is 23.0 Å². The first-order chi connectivity index (χ1) is 32.3. The summed E-state index contributed by atoms with van der Waals surface area (Å²) in [5.74, 6) is -0.258. The molecule has 5 aromatic rings. The molecule has 346 valence electrons. The number of hydrogen-bond donors (Lipinski definition) is 0. The van der Waals surface area contributed by atoms with Gasteiger partial charge in [0.2, 0.25) is 5.13 Å². The van der Waals surface area contributed by atoms with E-state index in [1.165, 1.54) is 6.42 Å². The minimum Gasteiger partial charge on any atom is -0.494 e. The molecule has 0 N–H and O–H groups in total. The number of anilines is 1. The molecule has 1 saturated carbocycles. The summed E-state index contributed by atoms with van der Waals surface area (Å²) < 4.78 is 34.7. The van der Waals surface area contributed by atoms with Crippen molar-refractivity contribution in [3.05, 3.63) is 133 Å². The first-order valence-electron chi connectivity index (χ1n) is 22.6. The van der Waals surface area contributed by atoms with Gasteiger partial charge in [0.15, 0.2) is 0 Å². The Kier molecular flexibility index (Phi) is 19.3. The van der Waals surface area contributed by atoms with Gasteiger partial charge in [-0.1, -0.05) is 55.9 Å². The third-order valence-corrected chi connectivity index (χ3v) is 11.8. The second kappa shape index (κ2) is 26.2. The molecule has 0 aliphatic heterocycles. The highest BCUT2D eigenvalue weighted by atomic mass is 32.1. The predicted molar refractivity (Wildman–Crippen MR) is 256 cm³/mol. The summed E-state index contributed by atoms with van der Waals surface area (Å²) in [6.07, 6.45) is 16.1. The molecule has 66 heavy (non-hydrogen) atoms. The van der Waals surface area contributed by atoms with Gasteiger partial charge >= 0.3 is 23.9 Å². The number of carbonyl (C=O) groups excluding carboxylic acids is 4. The van der Waals surface area contributed by atoms with E-state index in [1.54, 1.807) is 84.3 Å². The monoisotopic (exact) mass is 915 g/mol. The molecule has 6 rings (SSSR count). The van der Waals surface area contributed by atoms with E-state index in [9.17, 15) is 19.2 Å². The van der Waals surface area contributed by atoms with Crippen LogP contribution in [0.25, 0.3) is 10.2 Å². The van der Waals surface area contributed by atoms with Gasteiger partial charge < -0.3 is 28.4 Å². The number of esters is 4. The van der Waals surface area contributed by atoms with Gasteiger partial charge in [0, 0.05) is 17.7 Å². The van der Waals surface area contributed by atoms with E-state index in [-0.39, 0.29) is 17.5 Å². The molecule has 4 aromatic carbocycles. The number of aromatic nitrogens is 1. The average Bonchev–Trinajstić information content (AvgIpc) is 3.78. The second-order valence-corrected chi connectivity index (χ2v) is 16.7. The molecule has 0 radical (unpaired) electrons. The predicted octanol–water partition coefficient (Wildman–Crippen LogP) is 11.2. The fourth-order valence-corrected chi connectivity index (χ4v) is 8.15. The van der Waals surface area contributed by atoms with Crippen molar-refractivity contribution in [2.75, 3.05) is 31.4 Å². The van der Waals surface area contributed by atoms with Gasteiger partial charge in [-0.3, -0.25) is 0 Å². The molecule has 0 saturated heterocycles. The number of hydrazone groups is 1. The van der Waals surface area contributed by atoms with Gasteiger partial charge in [0.25, 0.3) is 0 Å². The second-order valence-electron chi connectivity index (χ2n) is 15.6. The van der Waals surface area contributed by atoms with E-state index in [0.29, 0.717) is 54.6 Å². The standard InChI is InChI=1S/C52H57N3O10S/c1-3-48(56)62-34-16-7-5-14-32-60-42-26-22-38(23-27-42)50(58)64-44-30-31-46(65-51(59)39-24-28-43(29-25-39)61-33-15-6-8-17-35-63-49(57)4-2)40(36-44)37-53-55(41-18-10-9-11-19-41)52-54-45-20-12-13-21-47(45)66-52/h3-4,12-13,20-31,36-37,41H,1-2,5-11,14-19,32-35H2. The van der Waals surface area contributed by atoms with Crippen LogP contribution < -0.4 is 24.0 Å². The average molecular weight is 916 g/mol. The Balaban J connectivity index is 1.11. The summed E-state index contributed by atoms with van der Waals surface area (Å²) in [6, 6.07) is 26.4. The van der Waals surface area contributed by atoms with Crippen molar-refractivity contribution in [1.82, 2.24) is 4.98 Å². The van der Waals surface area contributed by atoms with E-state index < -0.39 is 23.9 Å². The van der Waals surface area contributed by atoms with E-state index in [2.05, 4.69) is 13.2 Å². The molecular formula is C52H57N3O10S. The Morgan fingerprint density at radius 2 is 1.17 bits per heavy atom. The summed E-state index contributed by atoms with van der Waals surface area (Å²) in [6.45, 7) is 8.54. The van der Waals surface area contributed by atoms with Crippen LogP contribution in [0.1, 0.15) is 110 Å². The molecule has 0 spiro atoms. The number of nitrogens with zero attached hydrogens (tertiary/aromatic N) is 3. The Bertz CT molecular complexity index is 2370. The Morgan fingerprint density at radius 3 is 1.73 bits per heavy atom. The Labute approximate surface area is 390 Å². The highest BCUT2D eigenvalue weighted by molar-refractivity contribution is 7.22. The minimum absolute atomic E-state index is 0.129. The first kappa shape index (κ1) is 48.7. The lowest BCUT2D eigenvalue weighted by Crippen LogP contribution is -2.32. The van der Waals surface area contributed by atoms with E-state index >= 15 is 0 Å². The summed E-state index contributed by atoms with van der Waals surface area (Å²) in [5.41, 5.74) is 1.98. The number of unbranched alkanes of at least 4 members (excludes halogenated alkanes) is 6. The number of fused-ring (bicyclic) bond motifs is 1. The highest BCUT2D eigenvalue weighted by Gasteiger charge is 2.24. The highest BCUT2D eigenvalue weighted by Crippen LogP contribution is 2.34. The van der Waals surface area contributed by atoms with Crippen LogP contribution in [-0.2, 0) is 19.1 Å². The number of para-hydroxylation sites is 1. The molecule has 0 amide bonds. The molecule has 0 atom stereocenters. The van der Waals surface area contributed by atoms with Crippen molar-refractivity contribution < 1.29 is 47.6 Å². The van der Waals surface area contributed by atoms with Gasteiger partial charge in [-0.15, -0.1) is 0 Å². The number of rotatable bonds is 26. The van der Waals surface area contributed by atoms with Crippen molar-refractivity contribution >= 4 is 56.8 Å². The van der Waals surface area contributed by atoms with Crippen LogP contribution in [0.4, 0.5) is 5.13 Å². The van der Waals surface area contributed by atoms with Crippen LogP contribution >= 0.6 is 11.3 Å². The van der Waals surface area contributed by atoms with E-state index in [4.69, 9.17) is 38.5 Å². The maximum Gasteiger partial charge on any atom is 0.343 e. The lowest BCUT2D eigenvalue weighted by atomic mass is 9.95. The quantitative estimate of drug-likeness (QED) is 0.0130. The molecular weight excluding hydrogens is 859 g/mol. The molecule has 0 unspecified atom stereocenters. The Hall–Kier alpha value is -6.80. The maximum atomic E-state index is 13.6. The summed E-state index contributed by atoms with van der Waals surface area (Å²) in [5, 5.41) is 7.74. The number of benzene rings is 4. The van der Waals surface area contributed by atoms with Crippen LogP contribution in [-0.4, -0.2) is 67.5 Å². The fraction of sp³-hybridized carbons (Fsp3) is 0.346. The third kappa shape index (κ3) is 15.4. The summed E-state index contributed by atoms with van der Waals surface area (Å²) in [4.78, 5) is 54.3. The van der Waals surface area contributed by atoms with Crippen LogP contribution in [0.2, 0.25) is 0 Å². The maximum absolute atomic E-state index is 13.6. The first-order valence-corrected chi connectivity index (χ1v) is 23.4. The third-order valence-electron chi connectivity index (χ3n) is 10.7. The zero-order chi connectivity index (χ0) is 46.4. The molecule has 1 heterocycles. The van der Waals surface area contributed by atoms with Crippen molar-refractivity contribution in [2.45, 2.75) is 89.5 Å². The zero-order valence-electron chi connectivity index (χ0n) is 37.2. The smallest absolute Gasteiger partial charge is 0.343 e. The molecule has 0 bridgehead atoms. The van der Waals surface area contributed by atoms with Crippen LogP contribution in [0, 0.1) is 0 Å². The largest absolute Gasteiger partial charge is 0.494 e. The number of ether oxygens (including phenoxy) is 6. The molecule has 1 aliphatic rings. The lowest BCUT2D eigenvalue weighted by molar-refractivity contribution is -0.138. The molecule has 1 fully saturated rings. The van der Waals surface area contributed by atoms with Crippen LogP contribution in [0.5, 0.6) is 23.0 Å². The summed E-state index contributed by atoms with van der Waals surface area (Å²) in [7, 11) is 0. The lowest BCUT2D eigenvalue weighted by Gasteiger charge is -2.30. The fourth-order valence-electron chi connectivity index (χ4n) is 7.15. The Morgan fingerprint density at radius 1 is 0.636 bits per heavy atom. The van der Waals surface area contributed by atoms with Gasteiger partial charge in [0.05, 0.1) is 60.0 Å². The molecule has 13 nitrogen and oxygen atoms in total. The van der Waals surface area contributed by atoms with Gasteiger partial charge in [-0.2, -0.15) is 5.10 Å². The normalized spacial score (nSPS) is 12.6. The van der Waals surface area contributed by atoms with Gasteiger partial charge in [-0.05, 0) is 143 Å². The number of carbonyl (C=O) groups is 4. The van der Waals surface area contributed by atoms with Crippen molar-refractivity contribution in [3.8, 4) is 23.0 Å². The summed E-state index contributed by atoms with van der Waals surface area (Å²) >= 11 is 1.57. The van der Waals surface area contributed by atoms with Crippen LogP contribution in [0.3, 0.4) is 0 Å². The molecule has 1 aromatic heterocycles. The SMILES string of the molecule is C=CC(=O)OCCCCCCOc1ccc(C(=O)Oc2ccc(OC(=O)c3ccc(OCCCCCCOC(=O)C=C)cc3)c(C=NN(c3nc4ccccc4s3)C3CCCCC3)c2)cc1. The van der Waals surface area contributed by atoms with Crippen molar-refractivity contribution in [3.63, 3.8) is 0 Å². The molecule has 14 heteroatoms.